The number of nitrogens with two attached hydrogens (primary N) is 2. The minimum absolute atomic E-state index is 0.221. The van der Waals surface area contributed by atoms with Gasteiger partial charge in [0.1, 0.15) is 11.6 Å². The van der Waals surface area contributed by atoms with E-state index in [1.54, 1.807) is 12.1 Å². The SMILES string of the molecule is COc1ccc(CSc2nc(N)cc(N)n2)cc1F. The molecule has 0 aliphatic carbocycles. The molecule has 0 bridgehead atoms. The summed E-state index contributed by atoms with van der Waals surface area (Å²) in [5, 5.41) is 0.466. The molecule has 4 N–H and O–H groups in total. The minimum Gasteiger partial charge on any atom is -0.494 e. The number of hydrogen-bond acceptors (Lipinski definition) is 6. The number of aromatic nitrogens is 2. The van der Waals surface area contributed by atoms with Crippen LogP contribution in [0.2, 0.25) is 0 Å². The maximum atomic E-state index is 13.5. The molecule has 1 heterocycles. The zero-order chi connectivity index (χ0) is 13.8. The summed E-state index contributed by atoms with van der Waals surface area (Å²) in [6.07, 6.45) is 0. The lowest BCUT2D eigenvalue weighted by atomic mass is 10.2. The van der Waals surface area contributed by atoms with Gasteiger partial charge < -0.3 is 16.2 Å². The first-order valence-corrected chi connectivity index (χ1v) is 6.42. The third-order valence-corrected chi connectivity index (χ3v) is 3.25. The quantitative estimate of drug-likeness (QED) is 0.658. The van der Waals surface area contributed by atoms with Gasteiger partial charge >= 0.3 is 0 Å². The Hall–Kier alpha value is -2.02. The van der Waals surface area contributed by atoms with Crippen LogP contribution in [0.15, 0.2) is 29.4 Å². The lowest BCUT2D eigenvalue weighted by Crippen LogP contribution is -1.99. The highest BCUT2D eigenvalue weighted by Crippen LogP contribution is 2.24. The van der Waals surface area contributed by atoms with Crippen LogP contribution in [0.3, 0.4) is 0 Å². The number of nitrogens with zero attached hydrogens (tertiary/aromatic N) is 2. The molecule has 0 saturated heterocycles. The van der Waals surface area contributed by atoms with Crippen molar-refractivity contribution in [1.29, 1.82) is 0 Å². The molecule has 1 aromatic carbocycles. The van der Waals surface area contributed by atoms with Crippen molar-refractivity contribution in [3.63, 3.8) is 0 Å². The summed E-state index contributed by atoms with van der Waals surface area (Å²) in [6.45, 7) is 0. The van der Waals surface area contributed by atoms with Gasteiger partial charge in [0.15, 0.2) is 16.7 Å². The van der Waals surface area contributed by atoms with Crippen LogP contribution in [-0.2, 0) is 5.75 Å². The number of benzene rings is 1. The Morgan fingerprint density at radius 3 is 2.47 bits per heavy atom. The molecule has 0 aliphatic heterocycles. The van der Waals surface area contributed by atoms with Crippen LogP contribution in [0.5, 0.6) is 5.75 Å². The van der Waals surface area contributed by atoms with E-state index < -0.39 is 5.82 Å². The standard InChI is InChI=1S/C12H13FN4OS/c1-18-9-3-2-7(4-8(9)13)6-19-12-16-10(14)5-11(15)17-12/h2-5H,6H2,1H3,(H4,14,15,16,17). The summed E-state index contributed by atoms with van der Waals surface area (Å²) in [4.78, 5) is 8.07. The van der Waals surface area contributed by atoms with E-state index in [9.17, 15) is 4.39 Å². The van der Waals surface area contributed by atoms with Gasteiger partial charge in [0, 0.05) is 11.8 Å². The van der Waals surface area contributed by atoms with Gasteiger partial charge in [0.2, 0.25) is 0 Å². The third kappa shape index (κ3) is 3.47. The van der Waals surface area contributed by atoms with E-state index in [1.807, 2.05) is 0 Å². The van der Waals surface area contributed by atoms with Crippen molar-refractivity contribution in [1.82, 2.24) is 9.97 Å². The highest BCUT2D eigenvalue weighted by atomic mass is 32.2. The van der Waals surface area contributed by atoms with Crippen LogP contribution < -0.4 is 16.2 Å². The number of ether oxygens (including phenoxy) is 1. The lowest BCUT2D eigenvalue weighted by Gasteiger charge is -2.05. The van der Waals surface area contributed by atoms with Crippen LogP contribution in [-0.4, -0.2) is 17.1 Å². The molecule has 0 fully saturated rings. The van der Waals surface area contributed by atoms with E-state index in [0.29, 0.717) is 22.5 Å². The topological polar surface area (TPSA) is 87.0 Å². The fourth-order valence-corrected chi connectivity index (χ4v) is 2.29. The zero-order valence-corrected chi connectivity index (χ0v) is 11.1. The fraction of sp³-hybridized carbons (Fsp3) is 0.167. The van der Waals surface area contributed by atoms with Gasteiger partial charge in [0.25, 0.3) is 0 Å². The van der Waals surface area contributed by atoms with E-state index >= 15 is 0 Å². The van der Waals surface area contributed by atoms with Crippen molar-refractivity contribution in [3.8, 4) is 5.75 Å². The molecule has 100 valence electrons. The molecule has 5 nitrogen and oxygen atoms in total. The van der Waals surface area contributed by atoms with Crippen LogP contribution in [0.25, 0.3) is 0 Å². The van der Waals surface area contributed by atoms with Crippen molar-refractivity contribution in [3.05, 3.63) is 35.6 Å². The monoisotopic (exact) mass is 280 g/mol. The van der Waals surface area contributed by atoms with E-state index in [-0.39, 0.29) is 5.75 Å². The van der Waals surface area contributed by atoms with Crippen molar-refractivity contribution >= 4 is 23.4 Å². The zero-order valence-electron chi connectivity index (χ0n) is 10.3. The summed E-state index contributed by atoms with van der Waals surface area (Å²) in [6, 6.07) is 6.27. The van der Waals surface area contributed by atoms with Crippen molar-refractivity contribution in [2.45, 2.75) is 10.9 Å². The Morgan fingerprint density at radius 2 is 1.89 bits per heavy atom. The predicted octanol–water partition coefficient (Wildman–Crippen LogP) is 2.08. The highest BCUT2D eigenvalue weighted by Gasteiger charge is 2.06. The molecule has 2 rings (SSSR count). The van der Waals surface area contributed by atoms with Gasteiger partial charge in [-0.25, -0.2) is 14.4 Å². The van der Waals surface area contributed by atoms with E-state index in [4.69, 9.17) is 16.2 Å². The molecule has 19 heavy (non-hydrogen) atoms. The maximum Gasteiger partial charge on any atom is 0.191 e. The molecular weight excluding hydrogens is 267 g/mol. The molecule has 2 aromatic rings. The molecule has 7 heteroatoms. The summed E-state index contributed by atoms with van der Waals surface area (Å²) < 4.78 is 18.4. The first kappa shape index (κ1) is 13.4. The van der Waals surface area contributed by atoms with Gasteiger partial charge in [-0.1, -0.05) is 17.8 Å². The Kier molecular flexibility index (Phi) is 4.06. The van der Waals surface area contributed by atoms with Gasteiger partial charge in [-0.3, -0.25) is 0 Å². The number of anilines is 2. The molecule has 0 amide bonds. The normalized spacial score (nSPS) is 10.4. The minimum atomic E-state index is -0.395. The Morgan fingerprint density at radius 1 is 1.21 bits per heavy atom. The predicted molar refractivity (Wildman–Crippen MR) is 73.4 cm³/mol. The van der Waals surface area contributed by atoms with Gasteiger partial charge in [-0.2, -0.15) is 0 Å². The van der Waals surface area contributed by atoms with Crippen molar-refractivity contribution < 1.29 is 9.13 Å². The number of rotatable bonds is 4. The largest absolute Gasteiger partial charge is 0.494 e. The third-order valence-electron chi connectivity index (χ3n) is 2.33. The average molecular weight is 280 g/mol. The van der Waals surface area contributed by atoms with E-state index in [1.165, 1.54) is 31.0 Å². The number of halogens is 1. The Labute approximate surface area is 114 Å². The van der Waals surface area contributed by atoms with Crippen molar-refractivity contribution in [2.75, 3.05) is 18.6 Å². The second-order valence-corrected chi connectivity index (χ2v) is 4.70. The molecule has 0 saturated carbocycles. The first-order chi connectivity index (χ1) is 9.08. The van der Waals surface area contributed by atoms with Crippen LogP contribution in [0.1, 0.15) is 5.56 Å². The maximum absolute atomic E-state index is 13.5. The van der Waals surface area contributed by atoms with Crippen LogP contribution >= 0.6 is 11.8 Å². The molecule has 0 aliphatic rings. The number of nitrogen functional groups attached to an aromatic ring is 2. The summed E-state index contributed by atoms with van der Waals surface area (Å²) >= 11 is 1.33. The van der Waals surface area contributed by atoms with Gasteiger partial charge in [-0.15, -0.1) is 0 Å². The highest BCUT2D eigenvalue weighted by molar-refractivity contribution is 7.98. The Balaban J connectivity index is 2.08. The molecule has 0 spiro atoms. The second-order valence-electron chi connectivity index (χ2n) is 3.76. The number of hydrogen-bond donors (Lipinski definition) is 2. The smallest absolute Gasteiger partial charge is 0.191 e. The van der Waals surface area contributed by atoms with E-state index in [0.717, 1.165) is 5.56 Å². The van der Waals surface area contributed by atoms with Gasteiger partial charge in [-0.05, 0) is 17.7 Å². The van der Waals surface area contributed by atoms with Crippen LogP contribution in [0, 0.1) is 5.82 Å². The molecular formula is C12H13FN4OS. The van der Waals surface area contributed by atoms with Gasteiger partial charge in [0.05, 0.1) is 7.11 Å². The molecule has 0 unspecified atom stereocenters. The van der Waals surface area contributed by atoms with E-state index in [2.05, 4.69) is 9.97 Å². The average Bonchev–Trinajstić information content (AvgIpc) is 2.35. The molecule has 1 aromatic heterocycles. The first-order valence-electron chi connectivity index (χ1n) is 5.43. The number of thioether (sulfide) groups is 1. The van der Waals surface area contributed by atoms with Crippen LogP contribution in [0.4, 0.5) is 16.0 Å². The lowest BCUT2D eigenvalue weighted by molar-refractivity contribution is 0.386. The Bertz CT molecular complexity index is 574. The fourth-order valence-electron chi connectivity index (χ4n) is 1.47. The second kappa shape index (κ2) is 5.75. The molecule has 0 atom stereocenters. The summed E-state index contributed by atoms with van der Waals surface area (Å²) in [7, 11) is 1.43. The van der Waals surface area contributed by atoms with Crippen molar-refractivity contribution in [2.24, 2.45) is 0 Å². The summed E-state index contributed by atoms with van der Waals surface area (Å²) in [5.74, 6) is 0.975. The number of methoxy groups -OCH3 is 1. The summed E-state index contributed by atoms with van der Waals surface area (Å²) in [5.41, 5.74) is 11.9. The molecule has 0 radical (unpaired) electrons.